The summed E-state index contributed by atoms with van der Waals surface area (Å²) in [4.78, 5) is 0. The zero-order chi connectivity index (χ0) is 2.00. The molecule has 1 radical (unpaired) electrons. The Bertz CT molecular complexity index is 8.00. The molecule has 0 spiro atoms. The predicted octanol–water partition coefficient (Wildman–Crippen LogP) is 0.420. The van der Waals surface area contributed by atoms with Gasteiger partial charge in [-0.05, 0) is 0 Å². The Labute approximate surface area is 120 Å². The van der Waals surface area contributed by atoms with Gasteiger partial charge in [0.25, 0.3) is 0 Å². The minimum atomic E-state index is -0.194. The summed E-state index contributed by atoms with van der Waals surface area (Å²) >= 11 is -0.194. The molecule has 18 valence electrons. The molecule has 0 fully saturated rings. The van der Waals surface area contributed by atoms with Crippen LogP contribution in [0.3, 0.4) is 0 Å². The van der Waals surface area contributed by atoms with Gasteiger partial charge in [-0.15, -0.1) is 0 Å². The monoisotopic (exact) mass is 442 g/mol. The minimum Gasteiger partial charge on any atom is 0 e. The Balaban J connectivity index is -0.00000000500. The molecule has 0 bridgehead atoms. The number of hydrogen-bond donors (Lipinski definition) is 0. The molecule has 0 nitrogen and oxygen atoms in total. The fraction of sp³-hybridized carbons (Fsp3) is 0. The molecule has 4 heavy (non-hydrogen) atoms. The molecular formula is CeFNdPr. The van der Waals surface area contributed by atoms with E-state index < -0.39 is 0 Å². The molecule has 4 heteroatoms. The third-order valence-electron chi connectivity index (χ3n) is 0. The van der Waals surface area contributed by atoms with Gasteiger partial charge >= 0.3 is 40.6 Å². The summed E-state index contributed by atoms with van der Waals surface area (Å²) in [5.41, 5.74) is 0. The van der Waals surface area contributed by atoms with E-state index in [0.717, 1.165) is 0 Å². The Morgan fingerprint density at radius 2 is 1.25 bits per heavy atom. The predicted molar refractivity (Wildman–Crippen MR) is 1.11 cm³/mol. The summed E-state index contributed by atoms with van der Waals surface area (Å²) in [6.07, 6.45) is 0. The van der Waals surface area contributed by atoms with Crippen molar-refractivity contribution < 1.29 is 124 Å². The van der Waals surface area contributed by atoms with Crippen molar-refractivity contribution in [2.45, 2.75) is 0 Å². The third kappa shape index (κ3) is 9.39. The van der Waals surface area contributed by atoms with Gasteiger partial charge in [-0.25, -0.2) is 0 Å². The second kappa shape index (κ2) is 15.7. The smallest absolute Gasteiger partial charge is 0 e. The largest absolute Gasteiger partial charge is 0 e. The topological polar surface area (TPSA) is 0 Å². The van der Waals surface area contributed by atoms with Crippen LogP contribution >= 0.6 is 0 Å². The van der Waals surface area contributed by atoms with Gasteiger partial charge in [-0.1, -0.05) is 0 Å². The molecule has 0 heterocycles. The summed E-state index contributed by atoms with van der Waals surface area (Å²) in [6, 6.07) is 0. The molecule has 0 amide bonds. The molecule has 0 aliphatic rings. The van der Waals surface area contributed by atoms with Gasteiger partial charge in [-0.3, -0.25) is 0 Å². The van der Waals surface area contributed by atoms with E-state index in [1.807, 2.05) is 0 Å². The van der Waals surface area contributed by atoms with Gasteiger partial charge < -0.3 is 0 Å². The van der Waals surface area contributed by atoms with Crippen LogP contribution in [0.1, 0.15) is 0 Å². The molecule has 0 aliphatic heterocycles. The zero-order valence-electron chi connectivity index (χ0n) is 1.96. The fourth-order valence-corrected chi connectivity index (χ4v) is 0. The van der Waals surface area contributed by atoms with Crippen LogP contribution in [0.5, 0.6) is 0 Å². The van der Waals surface area contributed by atoms with E-state index in [1.54, 1.807) is 0 Å². The van der Waals surface area contributed by atoms with Crippen molar-refractivity contribution >= 4 is 0 Å². The molecule has 0 unspecified atom stereocenters. The number of halogens is 1. The molecule has 0 saturated heterocycles. The van der Waals surface area contributed by atoms with Crippen molar-refractivity contribution in [3.8, 4) is 0 Å². The molecule has 0 aromatic carbocycles. The maximum Gasteiger partial charge on any atom is 0 e. The summed E-state index contributed by atoms with van der Waals surface area (Å²) in [6.45, 7) is 0. The minimum absolute atomic E-state index is 0. The van der Waals surface area contributed by atoms with Crippen molar-refractivity contribution in [3.63, 3.8) is 0 Å². The Kier molecular flexibility index (Phi) is 61.7. The Morgan fingerprint density at radius 1 is 1.25 bits per heavy atom. The number of hydrogen-bond acceptors (Lipinski definition) is 0. The first-order chi connectivity index (χ1) is 1.00. The second-order valence-corrected chi connectivity index (χ2v) is 0. The first-order valence-electron chi connectivity index (χ1n) is 0.189. The van der Waals surface area contributed by atoms with Crippen LogP contribution in [0.25, 0.3) is 0 Å². The van der Waals surface area contributed by atoms with E-state index in [2.05, 4.69) is 0 Å². The van der Waals surface area contributed by atoms with E-state index in [-0.39, 0.29) is 123 Å². The van der Waals surface area contributed by atoms with Crippen molar-refractivity contribution in [3.05, 3.63) is 0 Å². The van der Waals surface area contributed by atoms with E-state index in [4.69, 9.17) is 0 Å². The van der Waals surface area contributed by atoms with E-state index >= 15 is 0 Å². The zero-order valence-corrected chi connectivity index (χ0v) is 12.0. The van der Waals surface area contributed by atoms with Gasteiger partial charge in [0.15, 0.2) is 0 Å². The summed E-state index contributed by atoms with van der Waals surface area (Å²) in [7, 11) is 0. The van der Waals surface area contributed by atoms with Crippen LogP contribution in [0.2, 0.25) is 0 Å². The molecule has 0 aromatic heterocycles. The number of rotatable bonds is 0. The maximum absolute atomic E-state index is 9.64. The molecule has 0 aliphatic carbocycles. The third-order valence-corrected chi connectivity index (χ3v) is 0. The molecule has 0 saturated carbocycles. The van der Waals surface area contributed by atoms with Crippen molar-refractivity contribution in [2.75, 3.05) is 0 Å². The van der Waals surface area contributed by atoms with Crippen molar-refractivity contribution in [1.82, 2.24) is 0 Å². The Hall–Kier alpha value is 4.02. The van der Waals surface area contributed by atoms with Gasteiger partial charge in [0.2, 0.25) is 0 Å². The quantitative estimate of drug-likeness (QED) is 0.509. The van der Waals surface area contributed by atoms with Gasteiger partial charge in [0.1, 0.15) is 0 Å². The standard InChI is InChI=1S/Ce.FH.Nd.Pr/h;1H;;/q;;+1;/p-1. The summed E-state index contributed by atoms with van der Waals surface area (Å²) in [5, 5.41) is 0. The average Bonchev–Trinajstić information content (AvgIpc) is 1.00. The molecule has 0 atom stereocenters. The molecule has 0 N–H and O–H groups in total. The second-order valence-electron chi connectivity index (χ2n) is 0. The van der Waals surface area contributed by atoms with Crippen LogP contribution in [-0.2, 0) is 0 Å². The van der Waals surface area contributed by atoms with Gasteiger partial charge in [0, 0.05) is 83.0 Å². The van der Waals surface area contributed by atoms with Gasteiger partial charge in [0.05, 0.1) is 0 Å². The first-order valence-corrected chi connectivity index (χ1v) is 1.40. The van der Waals surface area contributed by atoms with E-state index in [1.165, 1.54) is 0 Å². The SMILES string of the molecule is [Ce].[F][Nd].[Pr]. The fourth-order valence-electron chi connectivity index (χ4n) is 0. The summed E-state index contributed by atoms with van der Waals surface area (Å²) < 4.78 is 9.64. The average molecular weight is 444 g/mol. The van der Waals surface area contributed by atoms with Crippen LogP contribution in [0.4, 0.5) is 1.01 Å². The van der Waals surface area contributed by atoms with E-state index in [9.17, 15) is 1.01 Å². The van der Waals surface area contributed by atoms with Crippen molar-refractivity contribution in [1.29, 1.82) is 0 Å². The molecule has 0 rings (SSSR count). The summed E-state index contributed by atoms with van der Waals surface area (Å²) in [5.74, 6) is 0. The van der Waals surface area contributed by atoms with Crippen LogP contribution in [0, 0.1) is 123 Å². The van der Waals surface area contributed by atoms with E-state index in [0.29, 0.717) is 0 Å². The normalized spacial score (nSPS) is 1.00. The van der Waals surface area contributed by atoms with Crippen LogP contribution in [-0.4, -0.2) is 0 Å². The van der Waals surface area contributed by atoms with Gasteiger partial charge in [-0.2, -0.15) is 0 Å². The van der Waals surface area contributed by atoms with Crippen molar-refractivity contribution in [2.24, 2.45) is 0 Å². The first kappa shape index (κ1) is 15.7. The maximum atomic E-state index is 9.64. The molecule has 0 aromatic rings. The van der Waals surface area contributed by atoms with Crippen LogP contribution in [0.15, 0.2) is 0 Å². The Morgan fingerprint density at radius 3 is 1.25 bits per heavy atom. The molecular weight excluding hydrogens is 444 g/mol. The van der Waals surface area contributed by atoms with Crippen LogP contribution < -0.4 is 0 Å².